The fraction of sp³-hybridized carbons (Fsp3) is 0.333. The largest absolute Gasteiger partial charge is 0.494 e. The van der Waals surface area contributed by atoms with Gasteiger partial charge in [0.1, 0.15) is 18.3 Å². The van der Waals surface area contributed by atoms with E-state index in [2.05, 4.69) is 0 Å². The standard InChI is InChI=1S/C21H21ClFNO5/c1-28-17-6-5-11(8-14(17)23)7-12-9-24(15-4-2-3-13(22)18(12)15)21-20(27)19(26)16(25)10-29-21/h2-6,8-9,16,19-21,25-27H,7,10H2,1H3/t16-,19+,20-,21-/m1/s1. The van der Waals surface area contributed by atoms with E-state index in [1.807, 2.05) is 6.07 Å². The molecule has 2 heterocycles. The first-order chi connectivity index (χ1) is 13.9. The highest BCUT2D eigenvalue weighted by Crippen LogP contribution is 2.35. The van der Waals surface area contributed by atoms with Crippen LogP contribution in [0.3, 0.4) is 0 Å². The molecule has 29 heavy (non-hydrogen) atoms. The smallest absolute Gasteiger partial charge is 0.165 e. The summed E-state index contributed by atoms with van der Waals surface area (Å²) in [5, 5.41) is 31.5. The van der Waals surface area contributed by atoms with E-state index in [-0.39, 0.29) is 12.4 Å². The molecular formula is C21H21ClFNO5. The van der Waals surface area contributed by atoms with Crippen molar-refractivity contribution in [3.8, 4) is 5.75 Å². The van der Waals surface area contributed by atoms with Crippen LogP contribution < -0.4 is 4.74 Å². The predicted molar refractivity (Wildman–Crippen MR) is 106 cm³/mol. The van der Waals surface area contributed by atoms with Crippen LogP contribution in [-0.2, 0) is 11.2 Å². The number of rotatable bonds is 4. The van der Waals surface area contributed by atoms with Crippen molar-refractivity contribution in [3.63, 3.8) is 0 Å². The monoisotopic (exact) mass is 421 g/mol. The van der Waals surface area contributed by atoms with Crippen molar-refractivity contribution in [2.45, 2.75) is 31.0 Å². The molecule has 0 unspecified atom stereocenters. The second-order valence-corrected chi connectivity index (χ2v) is 7.52. The lowest BCUT2D eigenvalue weighted by Gasteiger charge is -2.36. The Morgan fingerprint density at radius 3 is 2.72 bits per heavy atom. The van der Waals surface area contributed by atoms with Crippen LogP contribution in [0.1, 0.15) is 17.4 Å². The third-order valence-corrected chi connectivity index (χ3v) is 5.56. The molecule has 0 saturated carbocycles. The zero-order valence-corrected chi connectivity index (χ0v) is 16.4. The summed E-state index contributed by atoms with van der Waals surface area (Å²) < 4.78 is 26.4. The van der Waals surface area contributed by atoms with Crippen LogP contribution >= 0.6 is 11.6 Å². The third kappa shape index (κ3) is 3.60. The number of methoxy groups -OCH3 is 1. The summed E-state index contributed by atoms with van der Waals surface area (Å²) in [6.45, 7) is -0.109. The Hall–Kier alpha value is -2.16. The Bertz CT molecular complexity index is 1040. The highest BCUT2D eigenvalue weighted by molar-refractivity contribution is 6.35. The Kier molecular flexibility index (Phi) is 5.50. The van der Waals surface area contributed by atoms with Gasteiger partial charge in [0.2, 0.25) is 0 Å². The first-order valence-corrected chi connectivity index (χ1v) is 9.54. The lowest BCUT2D eigenvalue weighted by Crippen LogP contribution is -2.50. The van der Waals surface area contributed by atoms with Gasteiger partial charge in [0.15, 0.2) is 17.8 Å². The summed E-state index contributed by atoms with van der Waals surface area (Å²) in [5.74, 6) is -0.288. The van der Waals surface area contributed by atoms with E-state index in [1.54, 1.807) is 35.0 Å². The molecule has 1 saturated heterocycles. The van der Waals surface area contributed by atoms with E-state index in [1.165, 1.54) is 13.2 Å². The maximum absolute atomic E-state index is 14.1. The molecule has 3 aromatic rings. The van der Waals surface area contributed by atoms with Crippen LogP contribution in [0, 0.1) is 5.82 Å². The van der Waals surface area contributed by atoms with Gasteiger partial charge in [0.25, 0.3) is 0 Å². The number of halogens is 2. The lowest BCUT2D eigenvalue weighted by atomic mass is 10.0. The Morgan fingerprint density at radius 1 is 1.21 bits per heavy atom. The van der Waals surface area contributed by atoms with Crippen molar-refractivity contribution in [2.24, 2.45) is 0 Å². The summed E-state index contributed by atoms with van der Waals surface area (Å²) >= 11 is 6.45. The number of hydrogen-bond donors (Lipinski definition) is 3. The van der Waals surface area contributed by atoms with Crippen LogP contribution in [0.2, 0.25) is 5.02 Å². The van der Waals surface area contributed by atoms with Crippen LogP contribution in [0.5, 0.6) is 5.75 Å². The molecule has 1 aliphatic heterocycles. The summed E-state index contributed by atoms with van der Waals surface area (Å²) in [7, 11) is 1.41. The molecule has 4 atom stereocenters. The van der Waals surface area contributed by atoms with Gasteiger partial charge in [-0.25, -0.2) is 4.39 Å². The molecule has 0 radical (unpaired) electrons. The van der Waals surface area contributed by atoms with E-state index < -0.39 is 30.4 Å². The first kappa shape index (κ1) is 20.1. The van der Waals surface area contributed by atoms with Crippen molar-refractivity contribution < 1.29 is 29.2 Å². The molecule has 0 amide bonds. The quantitative estimate of drug-likeness (QED) is 0.603. The van der Waals surface area contributed by atoms with Crippen molar-refractivity contribution >= 4 is 22.5 Å². The summed E-state index contributed by atoms with van der Waals surface area (Å²) in [6, 6.07) is 10.1. The Balaban J connectivity index is 1.77. The normalized spacial score (nSPS) is 24.8. The molecule has 6 nitrogen and oxygen atoms in total. The minimum absolute atomic E-state index is 0.109. The van der Waals surface area contributed by atoms with E-state index in [0.29, 0.717) is 17.0 Å². The highest BCUT2D eigenvalue weighted by atomic mass is 35.5. The van der Waals surface area contributed by atoms with Gasteiger partial charge < -0.3 is 29.4 Å². The SMILES string of the molecule is COc1ccc(Cc2cn([C@@H]3OC[C@@H](O)[C@H](O)[C@H]3O)c3cccc(Cl)c23)cc1F. The van der Waals surface area contributed by atoms with E-state index >= 15 is 0 Å². The van der Waals surface area contributed by atoms with Crippen molar-refractivity contribution in [3.05, 3.63) is 64.6 Å². The first-order valence-electron chi connectivity index (χ1n) is 9.17. The van der Waals surface area contributed by atoms with Crippen LogP contribution in [0.4, 0.5) is 4.39 Å². The third-order valence-electron chi connectivity index (χ3n) is 5.24. The van der Waals surface area contributed by atoms with E-state index in [4.69, 9.17) is 21.1 Å². The Morgan fingerprint density at radius 2 is 2.00 bits per heavy atom. The summed E-state index contributed by atoms with van der Waals surface area (Å²) in [4.78, 5) is 0. The number of hydrogen-bond acceptors (Lipinski definition) is 5. The van der Waals surface area contributed by atoms with Crippen molar-refractivity contribution in [2.75, 3.05) is 13.7 Å². The number of benzene rings is 2. The van der Waals surface area contributed by atoms with Gasteiger partial charge in [0, 0.05) is 11.6 Å². The van der Waals surface area contributed by atoms with Gasteiger partial charge in [-0.3, -0.25) is 0 Å². The maximum atomic E-state index is 14.1. The molecule has 3 N–H and O–H groups in total. The van der Waals surface area contributed by atoms with Crippen molar-refractivity contribution in [1.82, 2.24) is 4.57 Å². The molecule has 2 aromatic carbocycles. The molecule has 4 rings (SSSR count). The lowest BCUT2D eigenvalue weighted by molar-refractivity contribution is -0.209. The number of ether oxygens (including phenoxy) is 2. The number of aromatic nitrogens is 1. The van der Waals surface area contributed by atoms with Gasteiger partial charge in [-0.15, -0.1) is 0 Å². The fourth-order valence-electron chi connectivity index (χ4n) is 3.77. The number of aliphatic hydroxyl groups is 3. The molecule has 0 spiro atoms. The van der Waals surface area contributed by atoms with Crippen molar-refractivity contribution in [1.29, 1.82) is 0 Å². The van der Waals surface area contributed by atoms with Gasteiger partial charge in [-0.2, -0.15) is 0 Å². The molecular weight excluding hydrogens is 401 g/mol. The van der Waals surface area contributed by atoms with Crippen LogP contribution in [0.25, 0.3) is 10.9 Å². The molecule has 1 fully saturated rings. The zero-order valence-electron chi connectivity index (χ0n) is 15.6. The number of nitrogens with zero attached hydrogens (tertiary/aromatic N) is 1. The Labute approximate surface area is 171 Å². The average molecular weight is 422 g/mol. The molecule has 154 valence electrons. The highest BCUT2D eigenvalue weighted by Gasteiger charge is 2.39. The topological polar surface area (TPSA) is 84.1 Å². The van der Waals surface area contributed by atoms with E-state index in [9.17, 15) is 19.7 Å². The summed E-state index contributed by atoms with van der Waals surface area (Å²) in [6.07, 6.45) is -2.53. The van der Waals surface area contributed by atoms with Gasteiger partial charge in [0.05, 0.1) is 24.3 Å². The van der Waals surface area contributed by atoms with Gasteiger partial charge in [-0.05, 0) is 41.8 Å². The second kappa shape index (κ2) is 7.93. The van der Waals surface area contributed by atoms with Gasteiger partial charge in [-0.1, -0.05) is 23.7 Å². The number of aliphatic hydroxyl groups excluding tert-OH is 3. The average Bonchev–Trinajstić information content (AvgIpc) is 3.06. The second-order valence-electron chi connectivity index (χ2n) is 7.11. The zero-order chi connectivity index (χ0) is 20.7. The minimum atomic E-state index is -1.33. The number of fused-ring (bicyclic) bond motifs is 1. The van der Waals surface area contributed by atoms with Crippen LogP contribution in [-0.4, -0.2) is 51.9 Å². The maximum Gasteiger partial charge on any atom is 0.165 e. The molecule has 8 heteroatoms. The van der Waals surface area contributed by atoms with Gasteiger partial charge >= 0.3 is 0 Å². The fourth-order valence-corrected chi connectivity index (χ4v) is 4.06. The molecule has 0 bridgehead atoms. The minimum Gasteiger partial charge on any atom is -0.494 e. The molecule has 1 aliphatic rings. The van der Waals surface area contributed by atoms with Crippen LogP contribution in [0.15, 0.2) is 42.6 Å². The molecule has 0 aliphatic carbocycles. The summed E-state index contributed by atoms with van der Waals surface area (Å²) in [5.41, 5.74) is 2.24. The van der Waals surface area contributed by atoms with E-state index in [0.717, 1.165) is 16.5 Å². The molecule has 1 aromatic heterocycles. The predicted octanol–water partition coefficient (Wildman–Crippen LogP) is 2.64.